The summed E-state index contributed by atoms with van der Waals surface area (Å²) >= 11 is 0. The zero-order valence-corrected chi connectivity index (χ0v) is 19.1. The zero-order chi connectivity index (χ0) is 19.3. The lowest BCUT2D eigenvalue weighted by molar-refractivity contribution is 0.268. The quantitative estimate of drug-likeness (QED) is 0.203. The van der Waals surface area contributed by atoms with E-state index < -0.39 is 0 Å². The summed E-state index contributed by atoms with van der Waals surface area (Å²) in [6.45, 7) is 4.33. The van der Waals surface area contributed by atoms with Gasteiger partial charge in [0.05, 0.1) is 20.3 Å². The third-order valence-corrected chi connectivity index (χ3v) is 4.40. The largest absolute Gasteiger partial charge is 0.497 e. The maximum Gasteiger partial charge on any atom is 0.191 e. The lowest BCUT2D eigenvalue weighted by Crippen LogP contribution is -2.38. The Morgan fingerprint density at radius 1 is 1.07 bits per heavy atom. The third kappa shape index (κ3) is 8.48. The Balaban J connectivity index is 0.00000392. The first-order valence-electron chi connectivity index (χ1n) is 9.57. The van der Waals surface area contributed by atoms with E-state index in [1.54, 1.807) is 7.11 Å². The van der Waals surface area contributed by atoms with Crippen LogP contribution in [0.3, 0.4) is 0 Å². The number of methoxy groups -OCH3 is 1. The van der Waals surface area contributed by atoms with Crippen molar-refractivity contribution in [3.05, 3.63) is 65.7 Å². The molecule has 0 spiro atoms. The molecule has 2 aromatic carbocycles. The molecular formula is C22H32IN3O2. The number of aliphatic imine (C=N–C) groups is 1. The van der Waals surface area contributed by atoms with Gasteiger partial charge in [0, 0.05) is 19.0 Å². The van der Waals surface area contributed by atoms with Gasteiger partial charge in [-0.2, -0.15) is 0 Å². The van der Waals surface area contributed by atoms with Crippen molar-refractivity contribution in [2.45, 2.75) is 25.7 Å². The minimum absolute atomic E-state index is 0. The van der Waals surface area contributed by atoms with Gasteiger partial charge in [0.15, 0.2) is 5.96 Å². The first kappa shape index (κ1) is 24.2. The van der Waals surface area contributed by atoms with E-state index in [9.17, 15) is 5.11 Å². The lowest BCUT2D eigenvalue weighted by atomic mass is 10.0. The highest BCUT2D eigenvalue weighted by molar-refractivity contribution is 14.0. The first-order valence-corrected chi connectivity index (χ1v) is 9.57. The smallest absolute Gasteiger partial charge is 0.191 e. The van der Waals surface area contributed by atoms with Crippen molar-refractivity contribution in [1.29, 1.82) is 0 Å². The van der Waals surface area contributed by atoms with Gasteiger partial charge in [0.1, 0.15) is 5.75 Å². The van der Waals surface area contributed by atoms with E-state index in [-0.39, 0.29) is 36.5 Å². The topological polar surface area (TPSA) is 65.9 Å². The van der Waals surface area contributed by atoms with Crippen molar-refractivity contribution in [2.24, 2.45) is 4.99 Å². The van der Waals surface area contributed by atoms with E-state index in [2.05, 4.69) is 34.7 Å². The zero-order valence-electron chi connectivity index (χ0n) is 16.7. The number of rotatable bonds is 10. The van der Waals surface area contributed by atoms with Crippen LogP contribution < -0.4 is 15.4 Å². The Labute approximate surface area is 185 Å². The number of aliphatic hydroxyl groups excluding tert-OH is 1. The van der Waals surface area contributed by atoms with Crippen LogP contribution in [0.15, 0.2) is 59.6 Å². The average molecular weight is 497 g/mol. The molecule has 0 heterocycles. The fourth-order valence-electron chi connectivity index (χ4n) is 2.83. The van der Waals surface area contributed by atoms with E-state index in [1.165, 1.54) is 5.56 Å². The maximum atomic E-state index is 9.68. The van der Waals surface area contributed by atoms with Gasteiger partial charge in [-0.1, -0.05) is 42.5 Å². The second-order valence-electron chi connectivity index (χ2n) is 6.39. The molecule has 2 rings (SSSR count). The highest BCUT2D eigenvalue weighted by atomic mass is 127. The molecular weight excluding hydrogens is 465 g/mol. The fourth-order valence-corrected chi connectivity index (χ4v) is 2.83. The SMILES string of the molecule is CCNC(=NCC(CO)c1ccccc1)NCCCc1ccc(OC)cc1.I. The summed E-state index contributed by atoms with van der Waals surface area (Å²) in [4.78, 5) is 4.65. The normalized spacial score (nSPS) is 12.0. The van der Waals surface area contributed by atoms with Gasteiger partial charge in [0.2, 0.25) is 0 Å². The van der Waals surface area contributed by atoms with Crippen molar-refractivity contribution in [3.8, 4) is 5.75 Å². The summed E-state index contributed by atoms with van der Waals surface area (Å²) < 4.78 is 5.19. The molecule has 1 unspecified atom stereocenters. The standard InChI is InChI=1S/C22H31N3O2.HI/c1-3-23-22(25-16-20(17-26)19-9-5-4-6-10-19)24-15-7-8-18-11-13-21(27-2)14-12-18;/h4-6,9-14,20,26H,3,7-8,15-17H2,1-2H3,(H2,23,24,25);1H. The van der Waals surface area contributed by atoms with E-state index in [0.717, 1.165) is 43.2 Å². The van der Waals surface area contributed by atoms with Gasteiger partial charge in [-0.25, -0.2) is 0 Å². The molecule has 154 valence electrons. The average Bonchev–Trinajstić information content (AvgIpc) is 2.72. The van der Waals surface area contributed by atoms with Gasteiger partial charge in [-0.3, -0.25) is 4.99 Å². The minimum atomic E-state index is 0. The molecule has 0 aliphatic rings. The highest BCUT2D eigenvalue weighted by Gasteiger charge is 2.09. The summed E-state index contributed by atoms with van der Waals surface area (Å²) in [7, 11) is 1.68. The second kappa shape index (κ2) is 14.2. The molecule has 2 aromatic rings. The van der Waals surface area contributed by atoms with E-state index in [4.69, 9.17) is 4.74 Å². The van der Waals surface area contributed by atoms with Gasteiger partial charge in [0.25, 0.3) is 0 Å². The van der Waals surface area contributed by atoms with E-state index >= 15 is 0 Å². The summed E-state index contributed by atoms with van der Waals surface area (Å²) in [5.74, 6) is 1.69. The van der Waals surface area contributed by atoms with Crippen molar-refractivity contribution in [3.63, 3.8) is 0 Å². The van der Waals surface area contributed by atoms with Crippen LogP contribution in [0.5, 0.6) is 5.75 Å². The Hall–Kier alpha value is -1.80. The molecule has 6 heteroatoms. The number of aryl methyl sites for hydroxylation is 1. The van der Waals surface area contributed by atoms with Crippen LogP contribution in [0.2, 0.25) is 0 Å². The molecule has 3 N–H and O–H groups in total. The molecule has 0 bridgehead atoms. The van der Waals surface area contributed by atoms with Crippen molar-refractivity contribution in [2.75, 3.05) is 33.4 Å². The van der Waals surface area contributed by atoms with Crippen molar-refractivity contribution in [1.82, 2.24) is 10.6 Å². The molecule has 0 amide bonds. The van der Waals surface area contributed by atoms with Crippen LogP contribution in [0.4, 0.5) is 0 Å². The van der Waals surface area contributed by atoms with E-state index in [1.807, 2.05) is 42.5 Å². The fraction of sp³-hybridized carbons (Fsp3) is 0.409. The van der Waals surface area contributed by atoms with Crippen LogP contribution >= 0.6 is 24.0 Å². The van der Waals surface area contributed by atoms with Gasteiger partial charge >= 0.3 is 0 Å². The minimum Gasteiger partial charge on any atom is -0.497 e. The Morgan fingerprint density at radius 3 is 2.39 bits per heavy atom. The maximum absolute atomic E-state index is 9.68. The molecule has 0 fully saturated rings. The van der Waals surface area contributed by atoms with Crippen LogP contribution in [0, 0.1) is 0 Å². The Kier molecular flexibility index (Phi) is 12.3. The number of nitrogens with zero attached hydrogens (tertiary/aromatic N) is 1. The Bertz CT molecular complexity index is 678. The number of halogens is 1. The molecule has 0 saturated carbocycles. The van der Waals surface area contributed by atoms with Gasteiger partial charge in [-0.05, 0) is 43.0 Å². The lowest BCUT2D eigenvalue weighted by Gasteiger charge is -2.15. The number of hydrogen-bond donors (Lipinski definition) is 3. The molecule has 28 heavy (non-hydrogen) atoms. The summed E-state index contributed by atoms with van der Waals surface area (Å²) in [5.41, 5.74) is 2.41. The number of ether oxygens (including phenoxy) is 1. The predicted octanol–water partition coefficient (Wildman–Crippen LogP) is 3.58. The summed E-state index contributed by atoms with van der Waals surface area (Å²) in [5, 5.41) is 16.3. The van der Waals surface area contributed by atoms with Crippen LogP contribution in [0.1, 0.15) is 30.4 Å². The molecule has 0 aliphatic heterocycles. The molecule has 1 atom stereocenters. The van der Waals surface area contributed by atoms with Crippen LogP contribution in [-0.4, -0.2) is 44.4 Å². The monoisotopic (exact) mass is 497 g/mol. The number of nitrogens with one attached hydrogen (secondary N) is 2. The number of aliphatic hydroxyl groups is 1. The van der Waals surface area contributed by atoms with E-state index in [0.29, 0.717) is 6.54 Å². The molecule has 0 saturated heterocycles. The summed E-state index contributed by atoms with van der Waals surface area (Å²) in [6, 6.07) is 18.2. The second-order valence-corrected chi connectivity index (χ2v) is 6.39. The van der Waals surface area contributed by atoms with Crippen LogP contribution in [0.25, 0.3) is 0 Å². The Morgan fingerprint density at radius 2 is 1.79 bits per heavy atom. The number of hydrogen-bond acceptors (Lipinski definition) is 3. The number of guanidine groups is 1. The molecule has 0 aromatic heterocycles. The highest BCUT2D eigenvalue weighted by Crippen LogP contribution is 2.15. The molecule has 5 nitrogen and oxygen atoms in total. The molecule has 0 radical (unpaired) electrons. The van der Waals surface area contributed by atoms with Crippen LogP contribution in [-0.2, 0) is 6.42 Å². The predicted molar refractivity (Wildman–Crippen MR) is 127 cm³/mol. The van der Waals surface area contributed by atoms with Crippen molar-refractivity contribution < 1.29 is 9.84 Å². The van der Waals surface area contributed by atoms with Gasteiger partial charge in [-0.15, -0.1) is 24.0 Å². The summed E-state index contributed by atoms with van der Waals surface area (Å²) in [6.07, 6.45) is 2.01. The van der Waals surface area contributed by atoms with Gasteiger partial charge < -0.3 is 20.5 Å². The molecule has 0 aliphatic carbocycles. The number of benzene rings is 2. The third-order valence-electron chi connectivity index (χ3n) is 4.40. The first-order chi connectivity index (χ1) is 13.3. The van der Waals surface area contributed by atoms with Crippen molar-refractivity contribution >= 4 is 29.9 Å².